The van der Waals surface area contributed by atoms with Crippen LogP contribution in [-0.2, 0) is 43.4 Å². The normalized spacial score (nSPS) is 19.4. The number of nitrogens with two attached hydrogens (primary N) is 2. The summed E-state index contributed by atoms with van der Waals surface area (Å²) in [7, 11) is 0. The van der Waals surface area contributed by atoms with Gasteiger partial charge in [0.25, 0.3) is 18.1 Å². The van der Waals surface area contributed by atoms with Crippen molar-refractivity contribution in [1.82, 2.24) is 20.2 Å². The number of aliphatic carboxylic acids is 2. The molecular formula is C28H26N8O9S2. The molecule has 3 aromatic rings. The number of thioether (sulfide) groups is 1. The van der Waals surface area contributed by atoms with Crippen LogP contribution < -0.4 is 26.5 Å². The van der Waals surface area contributed by atoms with Crippen LogP contribution in [0.5, 0.6) is 11.5 Å². The van der Waals surface area contributed by atoms with Crippen molar-refractivity contribution in [2.24, 2.45) is 5.16 Å². The lowest BCUT2D eigenvalue weighted by Crippen LogP contribution is -2.71. The number of hydrogen-bond donors (Lipinski definition) is 6. The highest BCUT2D eigenvalue weighted by molar-refractivity contribution is 8.00. The second-order valence-electron chi connectivity index (χ2n) is 10.7. The zero-order valence-electron chi connectivity index (χ0n) is 24.2. The topological polar surface area (TPSA) is 271 Å². The van der Waals surface area contributed by atoms with Crippen molar-refractivity contribution in [1.29, 1.82) is 0 Å². The van der Waals surface area contributed by atoms with E-state index in [2.05, 4.69) is 20.4 Å². The summed E-state index contributed by atoms with van der Waals surface area (Å²) in [5.41, 5.74) is 13.1. The molecule has 8 N–H and O–H groups in total. The van der Waals surface area contributed by atoms with Crippen molar-refractivity contribution < 1.29 is 49.0 Å². The van der Waals surface area contributed by atoms with Crippen LogP contribution in [0, 0.1) is 0 Å². The summed E-state index contributed by atoms with van der Waals surface area (Å²) in [5.74, 6) is -5.22. The molecule has 0 saturated carbocycles. The summed E-state index contributed by atoms with van der Waals surface area (Å²) < 4.78 is 1.83. The molecule has 4 heterocycles. The molecule has 3 aliphatic rings. The highest BCUT2D eigenvalue weighted by atomic mass is 32.2. The number of fused-ring (bicyclic) bond motifs is 2. The Morgan fingerprint density at radius 2 is 2.02 bits per heavy atom. The van der Waals surface area contributed by atoms with E-state index in [1.165, 1.54) is 23.2 Å². The predicted octanol–water partition coefficient (Wildman–Crippen LogP) is -1.46. The summed E-state index contributed by atoms with van der Waals surface area (Å²) in [6.45, 7) is 0.155. The fourth-order valence-electron chi connectivity index (χ4n) is 5.60. The van der Waals surface area contributed by atoms with Gasteiger partial charge in [0, 0.05) is 28.7 Å². The number of phenolic OH excluding ortho intramolecular Hbond substituents is 2. The lowest BCUT2D eigenvalue weighted by atomic mass is 10.0. The first-order valence-corrected chi connectivity index (χ1v) is 15.9. The van der Waals surface area contributed by atoms with Gasteiger partial charge >= 0.3 is 5.97 Å². The molecular weight excluding hydrogens is 656 g/mol. The third-order valence-corrected chi connectivity index (χ3v) is 9.84. The number of aromatic hydroxyl groups is 2. The second kappa shape index (κ2) is 12.4. The van der Waals surface area contributed by atoms with E-state index in [9.17, 15) is 39.6 Å². The number of nitrogens with one attached hydrogen (secondary N) is 1. The zero-order chi connectivity index (χ0) is 33.6. The molecule has 47 heavy (non-hydrogen) atoms. The van der Waals surface area contributed by atoms with E-state index in [-0.39, 0.29) is 34.4 Å². The Balaban J connectivity index is 1.23. The number of carboxylic acid groups (broad SMARTS) is 2. The van der Waals surface area contributed by atoms with Gasteiger partial charge in [0.2, 0.25) is 11.9 Å². The van der Waals surface area contributed by atoms with Crippen LogP contribution in [0.4, 0.5) is 10.9 Å². The van der Waals surface area contributed by atoms with E-state index in [0.717, 1.165) is 58.9 Å². The molecule has 17 nitrogen and oxygen atoms in total. The highest BCUT2D eigenvalue weighted by Gasteiger charge is 2.53. The molecule has 0 bridgehead atoms. The Hall–Kier alpha value is -5.43. The van der Waals surface area contributed by atoms with Gasteiger partial charge < -0.3 is 46.8 Å². The van der Waals surface area contributed by atoms with Gasteiger partial charge in [-0.25, -0.2) is 14.3 Å². The maximum Gasteiger partial charge on any atom is 0.352 e. The lowest BCUT2D eigenvalue weighted by molar-refractivity contribution is -0.698. The first-order chi connectivity index (χ1) is 22.4. The van der Waals surface area contributed by atoms with Crippen molar-refractivity contribution in [2.45, 2.75) is 43.3 Å². The third-order valence-electron chi connectivity index (χ3n) is 7.82. The Labute approximate surface area is 273 Å². The molecule has 3 atom stereocenters. The van der Waals surface area contributed by atoms with Gasteiger partial charge in [-0.05, 0) is 30.0 Å². The number of thiazole rings is 1. The van der Waals surface area contributed by atoms with Crippen molar-refractivity contribution in [2.75, 3.05) is 17.2 Å². The molecule has 6 rings (SSSR count). The molecule has 2 aliphatic heterocycles. The number of amides is 2. The Morgan fingerprint density at radius 3 is 2.70 bits per heavy atom. The smallest absolute Gasteiger partial charge is 0.352 e. The Kier molecular flexibility index (Phi) is 8.32. The number of carbonyl (C=O) groups excluding carboxylic acids is 3. The van der Waals surface area contributed by atoms with E-state index in [1.54, 1.807) is 6.33 Å². The number of hydrogen-bond acceptors (Lipinski definition) is 15. The summed E-state index contributed by atoms with van der Waals surface area (Å²) in [5, 5.41) is 48.3. The van der Waals surface area contributed by atoms with Crippen LogP contribution in [-0.4, -0.2) is 76.8 Å². The fraction of sp³-hybridized carbons (Fsp3) is 0.286. The standard InChI is InChI=1S/C28H26N8O9S2/c29-22-13-2-1-3-15(13)35(10-31-22)7-12-8-46-25-19(24(40)36(25)20(12)26(41)42)33-23(39)18(14-9-47-28(30)32-14)34-45-21(27(43)44)11-4-5-16(37)17(38)6-11/h4-6,9-10,19,21,25,29H,1-3,7-8H2,(H7,30,32,33,34,37,38,39,41,42,43,44)/t19-,21+,25-/m1/s1. The average Bonchev–Trinajstić information content (AvgIpc) is 3.70. The van der Waals surface area contributed by atoms with Crippen molar-refractivity contribution >= 4 is 63.5 Å². The number of rotatable bonds is 10. The first kappa shape index (κ1) is 31.5. The number of phenols is 2. The van der Waals surface area contributed by atoms with Crippen LogP contribution in [0.2, 0.25) is 0 Å². The minimum atomic E-state index is -1.82. The van der Waals surface area contributed by atoms with Crippen molar-refractivity contribution in [3.8, 4) is 11.5 Å². The predicted molar refractivity (Wildman–Crippen MR) is 162 cm³/mol. The van der Waals surface area contributed by atoms with Crippen molar-refractivity contribution in [3.05, 3.63) is 63.7 Å². The van der Waals surface area contributed by atoms with Crippen LogP contribution in [0.15, 0.2) is 46.3 Å². The molecule has 0 spiro atoms. The van der Waals surface area contributed by atoms with Gasteiger partial charge in [0.15, 0.2) is 22.3 Å². The summed E-state index contributed by atoms with van der Waals surface area (Å²) in [4.78, 5) is 65.6. The van der Waals surface area contributed by atoms with Gasteiger partial charge in [-0.1, -0.05) is 11.2 Å². The Bertz CT molecular complexity index is 1890. The molecule has 1 fully saturated rings. The van der Waals surface area contributed by atoms with E-state index in [1.807, 2.05) is 4.57 Å². The number of carboxylic acids is 2. The molecule has 0 radical (unpaired) electrons. The number of nitrogen functional groups attached to an aromatic ring is 2. The molecule has 1 aliphatic carbocycles. The number of nitrogens with zero attached hydrogens (tertiary/aromatic N) is 5. The molecule has 1 saturated heterocycles. The van der Waals surface area contributed by atoms with Gasteiger partial charge in [0.1, 0.15) is 29.3 Å². The summed E-state index contributed by atoms with van der Waals surface area (Å²) >= 11 is 2.20. The molecule has 2 aromatic heterocycles. The summed E-state index contributed by atoms with van der Waals surface area (Å²) in [6, 6.07) is 2.01. The average molecular weight is 683 g/mol. The summed E-state index contributed by atoms with van der Waals surface area (Å²) in [6.07, 6.45) is 2.14. The van der Waals surface area contributed by atoms with Crippen molar-refractivity contribution in [3.63, 3.8) is 0 Å². The maximum absolute atomic E-state index is 13.5. The lowest BCUT2D eigenvalue weighted by Gasteiger charge is -2.50. The number of anilines is 2. The van der Waals surface area contributed by atoms with E-state index < -0.39 is 58.5 Å². The molecule has 244 valence electrons. The van der Waals surface area contributed by atoms with E-state index >= 15 is 0 Å². The number of aromatic nitrogens is 3. The monoisotopic (exact) mass is 682 g/mol. The Morgan fingerprint density at radius 1 is 1.23 bits per heavy atom. The van der Waals surface area contributed by atoms with Crippen LogP contribution >= 0.6 is 23.1 Å². The highest BCUT2D eigenvalue weighted by Crippen LogP contribution is 2.40. The zero-order valence-corrected chi connectivity index (χ0v) is 25.8. The number of β-lactam (4-membered cyclic amide) rings is 1. The van der Waals surface area contributed by atoms with E-state index in [0.29, 0.717) is 11.4 Å². The van der Waals surface area contributed by atoms with Crippen LogP contribution in [0.1, 0.15) is 35.0 Å². The third kappa shape index (κ3) is 5.85. The number of benzene rings is 1. The minimum absolute atomic E-state index is 0.0588. The second-order valence-corrected chi connectivity index (χ2v) is 12.7. The largest absolute Gasteiger partial charge is 0.543 e. The quantitative estimate of drug-likeness (QED) is 0.0469. The first-order valence-electron chi connectivity index (χ1n) is 14.0. The van der Waals surface area contributed by atoms with Crippen LogP contribution in [0.3, 0.4) is 0 Å². The molecule has 1 aromatic carbocycles. The van der Waals surface area contributed by atoms with Crippen LogP contribution in [0.25, 0.3) is 0 Å². The molecule has 19 heteroatoms. The SMILES string of the molecule is Nc1nc(/C(=N/O[C@H](C(=O)O)c2ccc(O)c(O)c2)C(=O)N[C@@H]2C(=O)N3C(C(=O)[O-])=C(C[n+]4cnc(N)c5c4CCC5)CS[C@H]23)cs1. The molecule has 0 unspecified atom stereocenters. The molecule has 2 amide bonds. The fourth-order valence-corrected chi connectivity index (χ4v) is 7.49. The van der Waals surface area contributed by atoms with Gasteiger partial charge in [0.05, 0.1) is 17.2 Å². The van der Waals surface area contributed by atoms with Gasteiger partial charge in [-0.2, -0.15) is 0 Å². The van der Waals surface area contributed by atoms with Gasteiger partial charge in [-0.3, -0.25) is 14.5 Å². The maximum atomic E-state index is 13.5. The number of carbonyl (C=O) groups is 4. The van der Waals surface area contributed by atoms with E-state index in [4.69, 9.17) is 16.3 Å². The minimum Gasteiger partial charge on any atom is -0.543 e. The number of oxime groups is 1. The van der Waals surface area contributed by atoms with Gasteiger partial charge in [-0.15, -0.1) is 23.1 Å².